The molecule has 0 amide bonds. The highest BCUT2D eigenvalue weighted by atomic mass is 16.7. The van der Waals surface area contributed by atoms with Crippen LogP contribution in [0.3, 0.4) is 0 Å². The van der Waals surface area contributed by atoms with Crippen LogP contribution in [0.5, 0.6) is 11.5 Å². The van der Waals surface area contributed by atoms with Crippen molar-refractivity contribution in [2.75, 3.05) is 27.6 Å². The summed E-state index contributed by atoms with van der Waals surface area (Å²) in [6.07, 6.45) is 0. The topological polar surface area (TPSA) is 54.0 Å². The van der Waals surface area contributed by atoms with E-state index < -0.39 is 0 Å². The lowest BCUT2D eigenvalue weighted by atomic mass is 9.85. The molecule has 0 heterocycles. The number of ketones is 1. The Morgan fingerprint density at radius 1 is 1.00 bits per heavy atom. The van der Waals surface area contributed by atoms with Crippen molar-refractivity contribution >= 4 is 5.78 Å². The molecular formula is C22H28O5. The second-order valence-corrected chi connectivity index (χ2v) is 7.28. The predicted octanol–water partition coefficient (Wildman–Crippen LogP) is 4.37. The summed E-state index contributed by atoms with van der Waals surface area (Å²) in [5.41, 5.74) is 2.50. The molecule has 0 unspecified atom stereocenters. The quantitative estimate of drug-likeness (QED) is 0.372. The maximum Gasteiger partial charge on any atom is 0.192 e. The van der Waals surface area contributed by atoms with E-state index in [0.717, 1.165) is 16.9 Å². The lowest BCUT2D eigenvalue weighted by molar-refractivity contribution is -0.0238. The summed E-state index contributed by atoms with van der Waals surface area (Å²) in [5.74, 6) is 1.20. The molecule has 0 N–H and O–H groups in total. The molecule has 0 atom stereocenters. The van der Waals surface area contributed by atoms with Crippen LogP contribution in [-0.2, 0) is 21.5 Å². The zero-order valence-corrected chi connectivity index (χ0v) is 16.7. The first-order chi connectivity index (χ1) is 12.8. The number of carbonyl (C=O) groups excluding carboxylic acids is 1. The fourth-order valence-corrected chi connectivity index (χ4v) is 2.52. The van der Waals surface area contributed by atoms with Crippen molar-refractivity contribution in [3.05, 3.63) is 59.2 Å². The fourth-order valence-electron chi connectivity index (χ4n) is 2.52. The minimum Gasteiger partial charge on any atom is -0.497 e. The van der Waals surface area contributed by atoms with Gasteiger partial charge in [-0.3, -0.25) is 4.79 Å². The Bertz CT molecular complexity index is 744. The van der Waals surface area contributed by atoms with Gasteiger partial charge < -0.3 is 18.9 Å². The van der Waals surface area contributed by atoms with Gasteiger partial charge in [-0.2, -0.15) is 0 Å². The average Bonchev–Trinajstić information content (AvgIpc) is 2.66. The molecular weight excluding hydrogens is 344 g/mol. The predicted molar refractivity (Wildman–Crippen MR) is 105 cm³/mol. The van der Waals surface area contributed by atoms with Crippen molar-refractivity contribution in [2.45, 2.75) is 32.8 Å². The molecule has 0 bridgehead atoms. The Morgan fingerprint density at radius 2 is 1.70 bits per heavy atom. The molecule has 0 saturated carbocycles. The number of methoxy groups -OCH3 is 2. The van der Waals surface area contributed by atoms with Crippen LogP contribution < -0.4 is 9.47 Å². The third-order valence-electron chi connectivity index (χ3n) is 4.13. The maximum atomic E-state index is 12.6. The highest BCUT2D eigenvalue weighted by Crippen LogP contribution is 2.29. The van der Waals surface area contributed by atoms with E-state index >= 15 is 0 Å². The molecule has 5 heteroatoms. The Balaban J connectivity index is 2.20. The summed E-state index contributed by atoms with van der Waals surface area (Å²) < 4.78 is 21.2. The summed E-state index contributed by atoms with van der Waals surface area (Å²) in [4.78, 5) is 12.6. The van der Waals surface area contributed by atoms with Gasteiger partial charge in [-0.05, 0) is 40.8 Å². The van der Waals surface area contributed by atoms with Crippen molar-refractivity contribution in [1.82, 2.24) is 0 Å². The summed E-state index contributed by atoms with van der Waals surface area (Å²) in [7, 11) is 3.15. The monoisotopic (exact) mass is 372 g/mol. The number of ether oxygens (including phenoxy) is 4. The second-order valence-electron chi connectivity index (χ2n) is 7.28. The zero-order chi connectivity index (χ0) is 19.9. The van der Waals surface area contributed by atoms with Gasteiger partial charge >= 0.3 is 0 Å². The minimum atomic E-state index is -0.136. The number of rotatable bonds is 9. The molecule has 0 aliphatic carbocycles. The average molecular weight is 372 g/mol. The Hall–Kier alpha value is -2.37. The highest BCUT2D eigenvalue weighted by molar-refractivity contribution is 5.99. The lowest BCUT2D eigenvalue weighted by Crippen LogP contribution is -2.16. The normalized spacial score (nSPS) is 11.3. The molecule has 0 aliphatic rings. The molecule has 0 saturated heterocycles. The molecule has 0 spiro atoms. The summed E-state index contributed by atoms with van der Waals surface area (Å²) in [5, 5.41) is 0. The van der Waals surface area contributed by atoms with E-state index in [0.29, 0.717) is 17.9 Å². The van der Waals surface area contributed by atoms with Crippen LogP contribution >= 0.6 is 0 Å². The van der Waals surface area contributed by atoms with Gasteiger partial charge in [0.2, 0.25) is 0 Å². The van der Waals surface area contributed by atoms with Gasteiger partial charge in [0.1, 0.15) is 31.5 Å². The van der Waals surface area contributed by atoms with E-state index in [1.807, 2.05) is 42.5 Å². The first-order valence-corrected chi connectivity index (χ1v) is 8.85. The van der Waals surface area contributed by atoms with Crippen LogP contribution in [0.1, 0.15) is 42.3 Å². The van der Waals surface area contributed by atoms with Crippen molar-refractivity contribution < 1.29 is 23.7 Å². The molecule has 0 aromatic heterocycles. The molecule has 2 aromatic carbocycles. The van der Waals surface area contributed by atoms with Crippen LogP contribution in [0, 0.1) is 0 Å². The fraction of sp³-hybridized carbons (Fsp3) is 0.409. The molecule has 2 rings (SSSR count). The molecule has 27 heavy (non-hydrogen) atoms. The van der Waals surface area contributed by atoms with Crippen LogP contribution in [-0.4, -0.2) is 33.4 Å². The van der Waals surface area contributed by atoms with Gasteiger partial charge in [-0.15, -0.1) is 0 Å². The third-order valence-corrected chi connectivity index (χ3v) is 4.13. The minimum absolute atomic E-state index is 0.0552. The molecule has 5 nitrogen and oxygen atoms in total. The number of carbonyl (C=O) groups is 1. The molecule has 0 radical (unpaired) electrons. The number of hydrogen-bond acceptors (Lipinski definition) is 5. The Labute approximate surface area is 161 Å². The molecule has 0 fully saturated rings. The van der Waals surface area contributed by atoms with Gasteiger partial charge in [0.25, 0.3) is 0 Å². The van der Waals surface area contributed by atoms with Crippen LogP contribution in [0.2, 0.25) is 0 Å². The Morgan fingerprint density at radius 3 is 2.30 bits per heavy atom. The molecule has 0 aliphatic heterocycles. The van der Waals surface area contributed by atoms with Crippen LogP contribution in [0.4, 0.5) is 0 Å². The van der Waals surface area contributed by atoms with Crippen LogP contribution in [0.25, 0.3) is 0 Å². The molecule has 146 valence electrons. The van der Waals surface area contributed by atoms with Gasteiger partial charge in [0.15, 0.2) is 5.78 Å². The number of Topliss-reactive ketones (excluding diaryl/α,β-unsaturated/α-hetero) is 1. The van der Waals surface area contributed by atoms with E-state index in [2.05, 4.69) is 20.8 Å². The van der Waals surface area contributed by atoms with E-state index in [1.165, 1.54) is 7.11 Å². The number of hydrogen-bond donors (Lipinski definition) is 0. The van der Waals surface area contributed by atoms with Crippen molar-refractivity contribution in [1.29, 1.82) is 0 Å². The van der Waals surface area contributed by atoms with Gasteiger partial charge in [0.05, 0.1) is 12.7 Å². The van der Waals surface area contributed by atoms with Crippen molar-refractivity contribution in [3.8, 4) is 11.5 Å². The van der Waals surface area contributed by atoms with Gasteiger partial charge in [0, 0.05) is 7.11 Å². The largest absolute Gasteiger partial charge is 0.497 e. The highest BCUT2D eigenvalue weighted by Gasteiger charge is 2.20. The van der Waals surface area contributed by atoms with E-state index in [1.54, 1.807) is 7.11 Å². The van der Waals surface area contributed by atoms with Gasteiger partial charge in [-0.25, -0.2) is 0 Å². The second kappa shape index (κ2) is 9.53. The van der Waals surface area contributed by atoms with Crippen LogP contribution in [0.15, 0.2) is 42.5 Å². The lowest BCUT2D eigenvalue weighted by Gasteiger charge is -2.21. The Kier molecular flexibility index (Phi) is 7.39. The third kappa shape index (κ3) is 6.08. The molecule has 2 aromatic rings. The zero-order valence-electron chi connectivity index (χ0n) is 16.7. The maximum absolute atomic E-state index is 12.6. The first kappa shape index (κ1) is 20.9. The summed E-state index contributed by atoms with van der Waals surface area (Å²) in [6.45, 7) is 6.70. The van der Waals surface area contributed by atoms with Gasteiger partial charge in [-0.1, -0.05) is 39.0 Å². The first-order valence-electron chi connectivity index (χ1n) is 8.85. The van der Waals surface area contributed by atoms with E-state index in [9.17, 15) is 4.79 Å². The van der Waals surface area contributed by atoms with Crippen molar-refractivity contribution in [3.63, 3.8) is 0 Å². The SMILES string of the molecule is COCOCC(=O)c1cc(C(C)(C)C)ccc1OCc1ccc(OC)cc1. The number of benzene rings is 2. The summed E-state index contributed by atoms with van der Waals surface area (Å²) in [6, 6.07) is 13.4. The van der Waals surface area contributed by atoms with Crippen molar-refractivity contribution in [2.24, 2.45) is 0 Å². The standard InChI is InChI=1S/C22H28O5/c1-22(2,3)17-8-11-21(19(12-17)20(23)14-26-15-24-4)27-13-16-6-9-18(25-5)10-7-16/h6-12H,13-15H2,1-5H3. The smallest absolute Gasteiger partial charge is 0.192 e. The van der Waals surface area contributed by atoms with E-state index in [-0.39, 0.29) is 24.6 Å². The van der Waals surface area contributed by atoms with E-state index in [4.69, 9.17) is 18.9 Å². The summed E-state index contributed by atoms with van der Waals surface area (Å²) >= 11 is 0.